The molecule has 0 saturated carbocycles. The van der Waals surface area contributed by atoms with Gasteiger partial charge in [-0.05, 0) is 30.9 Å². The maximum atomic E-state index is 11.6. The first-order valence-corrected chi connectivity index (χ1v) is 9.47. The molecule has 0 aromatic carbocycles. The molecule has 8 heteroatoms. The van der Waals surface area contributed by atoms with E-state index in [9.17, 15) is 13.2 Å². The summed E-state index contributed by atoms with van der Waals surface area (Å²) in [5.74, 6) is 0.0381. The molecule has 2 rings (SSSR count). The Kier molecular flexibility index (Phi) is 5.23. The van der Waals surface area contributed by atoms with Gasteiger partial charge in [0.15, 0.2) is 0 Å². The topological polar surface area (TPSA) is 87.6 Å². The lowest BCUT2D eigenvalue weighted by Crippen LogP contribution is -2.39. The molecule has 0 aliphatic carbocycles. The monoisotopic (exact) mass is 330 g/mol. The van der Waals surface area contributed by atoms with Gasteiger partial charge < -0.3 is 5.11 Å². The van der Waals surface area contributed by atoms with Gasteiger partial charge in [0.05, 0.1) is 16.8 Å². The molecule has 1 unspecified atom stereocenters. The van der Waals surface area contributed by atoms with Crippen LogP contribution in [0.4, 0.5) is 0 Å². The zero-order chi connectivity index (χ0) is 15.5. The van der Waals surface area contributed by atoms with E-state index in [2.05, 4.69) is 4.98 Å². The van der Waals surface area contributed by atoms with Crippen molar-refractivity contribution in [1.29, 1.82) is 0 Å². The second kappa shape index (κ2) is 6.76. The van der Waals surface area contributed by atoms with Crippen molar-refractivity contribution in [2.24, 2.45) is 5.92 Å². The zero-order valence-corrected chi connectivity index (χ0v) is 13.4. The normalized spacial score (nSPS) is 20.3. The summed E-state index contributed by atoms with van der Waals surface area (Å²) in [7, 11) is -3.13. The zero-order valence-electron chi connectivity index (χ0n) is 11.7. The van der Waals surface area contributed by atoms with Crippen molar-refractivity contribution in [2.75, 3.05) is 25.1 Å². The number of aromatic carboxylic acids is 1. The molecule has 1 atom stereocenters. The summed E-state index contributed by atoms with van der Waals surface area (Å²) in [4.78, 5) is 15.0. The van der Waals surface area contributed by atoms with Crippen LogP contribution < -0.4 is 0 Å². The minimum Gasteiger partial charge on any atom is -0.478 e. The largest absolute Gasteiger partial charge is 0.478 e. The summed E-state index contributed by atoms with van der Waals surface area (Å²) in [6.07, 6.45) is 4.56. The second-order valence-electron chi connectivity index (χ2n) is 5.13. The maximum absolute atomic E-state index is 11.6. The first-order valence-electron chi connectivity index (χ1n) is 6.63. The van der Waals surface area contributed by atoms with Gasteiger partial charge in [0.1, 0.15) is 0 Å². The Bertz CT molecular complexity index is 618. The number of rotatable bonds is 5. The summed E-state index contributed by atoms with van der Waals surface area (Å²) in [6, 6.07) is 3.00. The highest BCUT2D eigenvalue weighted by Crippen LogP contribution is 2.26. The second-order valence-corrected chi connectivity index (χ2v) is 8.15. The van der Waals surface area contributed by atoms with Crippen LogP contribution in [-0.4, -0.2) is 53.9 Å². The van der Waals surface area contributed by atoms with Crippen LogP contribution in [0.3, 0.4) is 0 Å². The van der Waals surface area contributed by atoms with Crippen LogP contribution in [0.25, 0.3) is 0 Å². The third-order valence-corrected chi connectivity index (χ3v) is 5.83. The number of carbonyl (C=O) groups is 1. The van der Waals surface area contributed by atoms with Gasteiger partial charge in [0.2, 0.25) is 10.0 Å². The van der Waals surface area contributed by atoms with Crippen molar-refractivity contribution >= 4 is 27.8 Å². The number of carboxylic acids is 1. The lowest BCUT2D eigenvalue weighted by atomic mass is 10.0. The average Bonchev–Trinajstić information content (AvgIpc) is 2.45. The molecule has 1 N–H and O–H groups in total. The molecule has 6 nitrogen and oxygen atoms in total. The number of sulfonamides is 1. The van der Waals surface area contributed by atoms with E-state index in [1.165, 1.54) is 34.6 Å². The Balaban J connectivity index is 1.94. The molecule has 0 spiro atoms. The Labute approximate surface area is 128 Å². The first kappa shape index (κ1) is 16.3. The molecule has 116 valence electrons. The lowest BCUT2D eigenvalue weighted by Gasteiger charge is -2.30. The van der Waals surface area contributed by atoms with Crippen LogP contribution in [0, 0.1) is 5.92 Å². The highest BCUT2D eigenvalue weighted by molar-refractivity contribution is 7.99. The third-order valence-electron chi connectivity index (χ3n) is 3.40. The van der Waals surface area contributed by atoms with Crippen molar-refractivity contribution in [2.45, 2.75) is 17.9 Å². The van der Waals surface area contributed by atoms with E-state index in [1.54, 1.807) is 6.07 Å². The molecule has 1 fully saturated rings. The number of aromatic nitrogens is 1. The molecule has 0 bridgehead atoms. The van der Waals surface area contributed by atoms with Gasteiger partial charge in [-0.15, -0.1) is 11.8 Å². The predicted octanol–water partition coefficient (Wildman–Crippen LogP) is 1.54. The molecule has 0 radical (unpaired) electrons. The fourth-order valence-electron chi connectivity index (χ4n) is 2.29. The van der Waals surface area contributed by atoms with Crippen molar-refractivity contribution in [3.8, 4) is 0 Å². The summed E-state index contributed by atoms with van der Waals surface area (Å²) in [5.41, 5.74) is 0.217. The highest BCUT2D eigenvalue weighted by Gasteiger charge is 2.25. The van der Waals surface area contributed by atoms with Crippen molar-refractivity contribution in [3.63, 3.8) is 0 Å². The van der Waals surface area contributed by atoms with E-state index in [0.717, 1.165) is 18.6 Å². The molecule has 1 aromatic rings. The van der Waals surface area contributed by atoms with Crippen LogP contribution in [0.2, 0.25) is 0 Å². The Morgan fingerprint density at radius 2 is 2.33 bits per heavy atom. The quantitative estimate of drug-likeness (QED) is 0.824. The van der Waals surface area contributed by atoms with Crippen LogP contribution >= 0.6 is 11.8 Å². The number of thioether (sulfide) groups is 1. The summed E-state index contributed by atoms with van der Waals surface area (Å²) >= 11 is 1.48. The van der Waals surface area contributed by atoms with Crippen LogP contribution in [0.5, 0.6) is 0 Å². The molecule has 1 aliphatic heterocycles. The highest BCUT2D eigenvalue weighted by atomic mass is 32.2. The van der Waals surface area contributed by atoms with E-state index in [0.29, 0.717) is 18.1 Å². The van der Waals surface area contributed by atoms with Gasteiger partial charge in [0, 0.05) is 25.0 Å². The molecular weight excluding hydrogens is 312 g/mol. The number of piperidine rings is 1. The van der Waals surface area contributed by atoms with Crippen LogP contribution in [0.15, 0.2) is 23.4 Å². The van der Waals surface area contributed by atoms with Gasteiger partial charge >= 0.3 is 5.97 Å². The molecule has 2 heterocycles. The summed E-state index contributed by atoms with van der Waals surface area (Å²) in [6.45, 7) is 1.12. The Morgan fingerprint density at radius 1 is 1.57 bits per heavy atom. The predicted molar refractivity (Wildman–Crippen MR) is 81.1 cm³/mol. The molecule has 1 aromatic heterocycles. The summed E-state index contributed by atoms with van der Waals surface area (Å²) in [5, 5.41) is 9.60. The van der Waals surface area contributed by atoms with E-state index >= 15 is 0 Å². The minimum atomic E-state index is -3.13. The smallest absolute Gasteiger partial charge is 0.335 e. The maximum Gasteiger partial charge on any atom is 0.335 e. The van der Waals surface area contributed by atoms with E-state index < -0.39 is 16.0 Å². The van der Waals surface area contributed by atoms with Gasteiger partial charge in [0.25, 0.3) is 0 Å². The lowest BCUT2D eigenvalue weighted by molar-refractivity contribution is 0.0696. The third kappa shape index (κ3) is 4.69. The van der Waals surface area contributed by atoms with E-state index in [4.69, 9.17) is 5.11 Å². The van der Waals surface area contributed by atoms with Gasteiger partial charge in [-0.25, -0.2) is 22.5 Å². The fourth-order valence-corrected chi connectivity index (χ4v) is 4.26. The number of nitrogens with zero attached hydrogens (tertiary/aromatic N) is 2. The SMILES string of the molecule is CS(=O)(=O)N1CCCC(CSc2cc(C(=O)O)ccn2)C1. The van der Waals surface area contributed by atoms with Crippen LogP contribution in [-0.2, 0) is 10.0 Å². The minimum absolute atomic E-state index is 0.217. The molecule has 1 aliphatic rings. The first-order chi connectivity index (χ1) is 9.86. The number of hydrogen-bond donors (Lipinski definition) is 1. The van der Waals surface area contributed by atoms with Gasteiger partial charge in [-0.2, -0.15) is 0 Å². The summed E-state index contributed by atoms with van der Waals surface area (Å²) < 4.78 is 24.7. The average molecular weight is 330 g/mol. The van der Waals surface area contributed by atoms with Gasteiger partial charge in [-0.3, -0.25) is 0 Å². The van der Waals surface area contributed by atoms with Crippen LogP contribution in [0.1, 0.15) is 23.2 Å². The number of hydrogen-bond acceptors (Lipinski definition) is 5. The van der Waals surface area contributed by atoms with Crippen molar-refractivity contribution < 1.29 is 18.3 Å². The van der Waals surface area contributed by atoms with E-state index in [-0.39, 0.29) is 11.5 Å². The van der Waals surface area contributed by atoms with E-state index in [1.807, 2.05) is 0 Å². The standard InChI is InChI=1S/C13H18N2O4S2/c1-21(18,19)15-6-2-3-10(8-15)9-20-12-7-11(13(16)17)4-5-14-12/h4-5,7,10H,2-3,6,8-9H2,1H3,(H,16,17). The Morgan fingerprint density at radius 3 is 3.00 bits per heavy atom. The number of carboxylic acid groups (broad SMARTS) is 1. The van der Waals surface area contributed by atoms with Crippen molar-refractivity contribution in [3.05, 3.63) is 23.9 Å². The molecule has 0 amide bonds. The molecule has 1 saturated heterocycles. The molecule has 21 heavy (non-hydrogen) atoms. The Hall–Kier alpha value is -1.12. The van der Waals surface area contributed by atoms with Gasteiger partial charge in [-0.1, -0.05) is 0 Å². The number of pyridine rings is 1. The fraction of sp³-hybridized carbons (Fsp3) is 0.538. The molecular formula is C13H18N2O4S2. The van der Waals surface area contributed by atoms with Crippen molar-refractivity contribution in [1.82, 2.24) is 9.29 Å².